The Hall–Kier alpha value is -2.62. The molecule has 3 N–H and O–H groups in total. The van der Waals surface area contributed by atoms with Crippen molar-refractivity contribution < 1.29 is 13.0 Å². The quantitative estimate of drug-likeness (QED) is 0.191. The van der Waals surface area contributed by atoms with Gasteiger partial charge in [-0.15, -0.1) is 10.2 Å². The Morgan fingerprint density at radius 3 is 2.31 bits per heavy atom. The summed E-state index contributed by atoms with van der Waals surface area (Å²) in [4.78, 5) is 4.20. The molecule has 158 valence electrons. The van der Waals surface area contributed by atoms with Crippen LogP contribution < -0.4 is 5.73 Å². The van der Waals surface area contributed by atoms with Crippen molar-refractivity contribution in [1.82, 2.24) is 4.98 Å². The normalized spacial score (nSPS) is 11.6. The molecule has 9 heteroatoms. The number of hydrogen-bond acceptors (Lipinski definition) is 6. The van der Waals surface area contributed by atoms with Gasteiger partial charge in [-0.05, 0) is 43.2 Å². The van der Waals surface area contributed by atoms with Crippen LogP contribution in [0.5, 0.6) is 0 Å². The van der Waals surface area contributed by atoms with E-state index in [1.54, 1.807) is 36.5 Å². The molecule has 0 aliphatic rings. The van der Waals surface area contributed by atoms with Crippen molar-refractivity contribution in [2.45, 2.75) is 18.7 Å². The molecule has 3 aromatic carbocycles. The molecule has 1 heterocycles. The summed E-state index contributed by atoms with van der Waals surface area (Å²) in [5, 5.41) is 9.05. The molecule has 32 heavy (non-hydrogen) atoms. The molecule has 0 spiro atoms. The molecule has 0 saturated carbocycles. The SMILES string of the molecule is Cc1cccc(-c2ccc(N=Nc3cc(S(=O)(=O)O)c4ccccc4c3N)cn2)c1C.[NaH]. The van der Waals surface area contributed by atoms with Crippen LogP contribution in [0.25, 0.3) is 22.0 Å². The monoisotopic (exact) mass is 456 g/mol. The summed E-state index contributed by atoms with van der Waals surface area (Å²) in [7, 11) is -4.47. The molecule has 0 atom stereocenters. The van der Waals surface area contributed by atoms with E-state index in [0.29, 0.717) is 16.5 Å². The van der Waals surface area contributed by atoms with Crippen molar-refractivity contribution in [3.8, 4) is 11.3 Å². The number of aryl methyl sites for hydroxylation is 1. The van der Waals surface area contributed by atoms with Gasteiger partial charge >= 0.3 is 29.6 Å². The Bertz CT molecular complexity index is 1440. The summed E-state index contributed by atoms with van der Waals surface area (Å²) in [5.74, 6) is 0. The van der Waals surface area contributed by atoms with Gasteiger partial charge in [-0.2, -0.15) is 8.42 Å². The van der Waals surface area contributed by atoms with Crippen LogP contribution in [0, 0.1) is 13.8 Å². The standard InChI is InChI=1S/C23H20N4O3S.Na.H/c1-14-6-5-9-17(15(14)2)20-11-10-16(13-25-20)26-27-21-12-22(31(28,29)30)18-7-3-4-8-19(18)23(21)24;;/h3-13H,24H2,1-2H3,(H,28,29,30);;. The second-order valence-electron chi connectivity index (χ2n) is 7.18. The number of nitrogens with two attached hydrogens (primary N) is 1. The summed E-state index contributed by atoms with van der Waals surface area (Å²) >= 11 is 0. The van der Waals surface area contributed by atoms with Crippen LogP contribution in [0.2, 0.25) is 0 Å². The van der Waals surface area contributed by atoms with E-state index in [1.807, 2.05) is 18.2 Å². The summed E-state index contributed by atoms with van der Waals surface area (Å²) in [6.45, 7) is 4.10. The van der Waals surface area contributed by atoms with Gasteiger partial charge in [0.15, 0.2) is 0 Å². The summed E-state index contributed by atoms with van der Waals surface area (Å²) in [6.07, 6.45) is 1.58. The van der Waals surface area contributed by atoms with Crippen molar-refractivity contribution >= 4 is 67.5 Å². The van der Waals surface area contributed by atoms with E-state index in [9.17, 15) is 13.0 Å². The van der Waals surface area contributed by atoms with Crippen LogP contribution in [-0.4, -0.2) is 47.5 Å². The third kappa shape index (κ3) is 4.74. The van der Waals surface area contributed by atoms with Crippen molar-refractivity contribution in [3.05, 3.63) is 78.0 Å². The Morgan fingerprint density at radius 1 is 0.938 bits per heavy atom. The number of nitrogen functional groups attached to an aromatic ring is 1. The van der Waals surface area contributed by atoms with Crippen LogP contribution in [0.4, 0.5) is 17.1 Å². The Balaban J connectivity index is 0.00000289. The maximum absolute atomic E-state index is 11.8. The third-order valence-electron chi connectivity index (χ3n) is 5.21. The number of anilines is 1. The maximum atomic E-state index is 11.8. The molecule has 0 fully saturated rings. The van der Waals surface area contributed by atoms with E-state index >= 15 is 0 Å². The molecule has 0 radical (unpaired) electrons. The van der Waals surface area contributed by atoms with Crippen LogP contribution >= 0.6 is 0 Å². The predicted molar refractivity (Wildman–Crippen MR) is 129 cm³/mol. The number of hydrogen-bond donors (Lipinski definition) is 2. The molecule has 4 rings (SSSR count). The average molecular weight is 457 g/mol. The number of fused-ring (bicyclic) bond motifs is 1. The van der Waals surface area contributed by atoms with Gasteiger partial charge in [0.05, 0.1) is 17.6 Å². The fourth-order valence-corrected chi connectivity index (χ4v) is 4.11. The average Bonchev–Trinajstić information content (AvgIpc) is 2.75. The van der Waals surface area contributed by atoms with Crippen LogP contribution in [0.3, 0.4) is 0 Å². The number of pyridine rings is 1. The molecule has 0 aliphatic carbocycles. The van der Waals surface area contributed by atoms with Gasteiger partial charge in [0.25, 0.3) is 10.1 Å². The van der Waals surface area contributed by atoms with Crippen molar-refractivity contribution in [3.63, 3.8) is 0 Å². The second kappa shape index (κ2) is 9.48. The van der Waals surface area contributed by atoms with E-state index in [2.05, 4.69) is 35.1 Å². The molecule has 1 aromatic heterocycles. The number of benzene rings is 3. The van der Waals surface area contributed by atoms with Gasteiger partial charge in [0.2, 0.25) is 0 Å². The molecule has 0 unspecified atom stereocenters. The molecule has 0 aliphatic heterocycles. The number of azo groups is 1. The van der Waals surface area contributed by atoms with Crippen LogP contribution in [0.1, 0.15) is 11.1 Å². The fourth-order valence-electron chi connectivity index (χ4n) is 3.39. The van der Waals surface area contributed by atoms with E-state index in [4.69, 9.17) is 5.73 Å². The molecule has 4 aromatic rings. The zero-order valence-corrected chi connectivity index (χ0v) is 17.8. The van der Waals surface area contributed by atoms with Crippen molar-refractivity contribution in [1.29, 1.82) is 0 Å². The molecule has 0 amide bonds. The first-order chi connectivity index (χ1) is 14.8. The Kier molecular flexibility index (Phi) is 7.12. The number of aromatic nitrogens is 1. The number of nitrogens with zero attached hydrogens (tertiary/aromatic N) is 3. The minimum atomic E-state index is -4.47. The number of rotatable bonds is 4. The molecular formula is C23H21N4NaO3S. The van der Waals surface area contributed by atoms with Gasteiger partial charge in [-0.3, -0.25) is 9.54 Å². The van der Waals surface area contributed by atoms with E-state index in [1.165, 1.54) is 11.6 Å². The Morgan fingerprint density at radius 2 is 1.66 bits per heavy atom. The molecule has 7 nitrogen and oxygen atoms in total. The summed E-state index contributed by atoms with van der Waals surface area (Å²) in [6, 6.07) is 17.5. The summed E-state index contributed by atoms with van der Waals surface area (Å²) in [5.41, 5.74) is 11.3. The van der Waals surface area contributed by atoms with Gasteiger partial charge in [0, 0.05) is 16.3 Å². The zero-order valence-electron chi connectivity index (χ0n) is 16.9. The second-order valence-corrected chi connectivity index (χ2v) is 8.57. The van der Waals surface area contributed by atoms with Gasteiger partial charge < -0.3 is 5.73 Å². The summed E-state index contributed by atoms with van der Waals surface area (Å²) < 4.78 is 33.3. The van der Waals surface area contributed by atoms with Gasteiger partial charge in [0.1, 0.15) is 16.3 Å². The predicted octanol–water partition coefficient (Wildman–Crippen LogP) is 5.11. The third-order valence-corrected chi connectivity index (χ3v) is 6.10. The van der Waals surface area contributed by atoms with Crippen LogP contribution in [-0.2, 0) is 10.1 Å². The molecule has 0 saturated heterocycles. The van der Waals surface area contributed by atoms with Crippen LogP contribution in [0.15, 0.2) is 82.0 Å². The first-order valence-electron chi connectivity index (χ1n) is 9.49. The topological polar surface area (TPSA) is 118 Å². The van der Waals surface area contributed by atoms with Gasteiger partial charge in [-0.25, -0.2) is 0 Å². The van der Waals surface area contributed by atoms with E-state index < -0.39 is 10.1 Å². The molecule has 0 bridgehead atoms. The van der Waals surface area contributed by atoms with Crippen molar-refractivity contribution in [2.75, 3.05) is 5.73 Å². The van der Waals surface area contributed by atoms with E-state index in [-0.39, 0.29) is 45.8 Å². The van der Waals surface area contributed by atoms with E-state index in [0.717, 1.165) is 16.8 Å². The first kappa shape index (κ1) is 24.0. The first-order valence-corrected chi connectivity index (χ1v) is 10.9. The minimum absolute atomic E-state index is 0. The Labute approximate surface area is 208 Å². The van der Waals surface area contributed by atoms with Gasteiger partial charge in [-0.1, -0.05) is 42.5 Å². The fraction of sp³-hybridized carbons (Fsp3) is 0.0870. The zero-order chi connectivity index (χ0) is 22.2. The molecular weight excluding hydrogens is 435 g/mol. The van der Waals surface area contributed by atoms with Crippen molar-refractivity contribution in [2.24, 2.45) is 10.2 Å².